The molecule has 0 saturated heterocycles. The highest BCUT2D eigenvalue weighted by Gasteiger charge is 2.06. The van der Waals surface area contributed by atoms with Crippen LogP contribution in [0.2, 0.25) is 0 Å². The van der Waals surface area contributed by atoms with Gasteiger partial charge in [0.15, 0.2) is 11.5 Å². The van der Waals surface area contributed by atoms with Gasteiger partial charge < -0.3 is 20.1 Å². The summed E-state index contributed by atoms with van der Waals surface area (Å²) in [6.45, 7) is 0.180. The maximum absolute atomic E-state index is 11.3. The third-order valence-corrected chi connectivity index (χ3v) is 1.99. The molecule has 0 atom stereocenters. The lowest BCUT2D eigenvalue weighted by molar-refractivity contribution is 0.253. The van der Waals surface area contributed by atoms with E-state index in [4.69, 9.17) is 15.9 Å². The van der Waals surface area contributed by atoms with Crippen LogP contribution in [0.25, 0.3) is 0 Å². The van der Waals surface area contributed by atoms with E-state index in [0.29, 0.717) is 17.2 Å². The van der Waals surface area contributed by atoms with Crippen LogP contribution in [0.15, 0.2) is 18.2 Å². The highest BCUT2D eigenvalue weighted by molar-refractivity contribution is 5.89. The molecule has 5 nitrogen and oxygen atoms in total. The molecule has 1 aromatic carbocycles. The molecule has 90 valence electrons. The largest absolute Gasteiger partial charge is 0.493 e. The third-order valence-electron chi connectivity index (χ3n) is 1.99. The Kier molecular flexibility index (Phi) is 4.70. The molecule has 0 aromatic heterocycles. The van der Waals surface area contributed by atoms with Crippen LogP contribution in [0.4, 0.5) is 10.5 Å². The highest BCUT2D eigenvalue weighted by atomic mass is 16.5. The van der Waals surface area contributed by atoms with E-state index < -0.39 is 0 Å². The SMILES string of the molecule is C#CCNC(=O)Nc1ccc(OC)c(OC)c1. The van der Waals surface area contributed by atoms with Gasteiger partial charge in [-0.3, -0.25) is 0 Å². The first-order valence-electron chi connectivity index (χ1n) is 4.91. The number of terminal acetylenes is 1. The first-order chi connectivity index (χ1) is 8.21. The van der Waals surface area contributed by atoms with Crippen LogP contribution in [0.3, 0.4) is 0 Å². The topological polar surface area (TPSA) is 59.6 Å². The minimum Gasteiger partial charge on any atom is -0.493 e. The molecule has 2 amide bonds. The first-order valence-corrected chi connectivity index (χ1v) is 4.91. The average molecular weight is 234 g/mol. The van der Waals surface area contributed by atoms with Crippen molar-refractivity contribution < 1.29 is 14.3 Å². The van der Waals surface area contributed by atoms with Crippen LogP contribution in [0.1, 0.15) is 0 Å². The van der Waals surface area contributed by atoms with E-state index in [1.807, 2.05) is 0 Å². The number of carbonyl (C=O) groups is 1. The summed E-state index contributed by atoms with van der Waals surface area (Å²) in [7, 11) is 3.07. The predicted octanol–water partition coefficient (Wildman–Crippen LogP) is 1.46. The maximum Gasteiger partial charge on any atom is 0.319 e. The fraction of sp³-hybridized carbons (Fsp3) is 0.250. The summed E-state index contributed by atoms with van der Waals surface area (Å²) in [5, 5.41) is 5.11. The van der Waals surface area contributed by atoms with Crippen LogP contribution in [-0.2, 0) is 0 Å². The molecular formula is C12H14N2O3. The van der Waals surface area contributed by atoms with Gasteiger partial charge in [-0.15, -0.1) is 6.42 Å². The van der Waals surface area contributed by atoms with E-state index in [0.717, 1.165) is 0 Å². The number of hydrogen-bond acceptors (Lipinski definition) is 3. The van der Waals surface area contributed by atoms with E-state index in [1.54, 1.807) is 25.3 Å². The Labute approximate surface area is 100 Å². The molecule has 0 aliphatic carbocycles. The molecule has 0 saturated carbocycles. The van der Waals surface area contributed by atoms with Gasteiger partial charge in [0.05, 0.1) is 20.8 Å². The monoisotopic (exact) mass is 234 g/mol. The van der Waals surface area contributed by atoms with Crippen molar-refractivity contribution in [1.29, 1.82) is 0 Å². The lowest BCUT2D eigenvalue weighted by Gasteiger charge is -2.10. The highest BCUT2D eigenvalue weighted by Crippen LogP contribution is 2.29. The molecule has 0 spiro atoms. The van der Waals surface area contributed by atoms with Crippen molar-refractivity contribution in [1.82, 2.24) is 5.32 Å². The van der Waals surface area contributed by atoms with Crippen LogP contribution < -0.4 is 20.1 Å². The van der Waals surface area contributed by atoms with Gasteiger partial charge in [0.25, 0.3) is 0 Å². The minimum atomic E-state index is -0.366. The lowest BCUT2D eigenvalue weighted by atomic mass is 10.3. The van der Waals surface area contributed by atoms with Gasteiger partial charge >= 0.3 is 6.03 Å². The number of benzene rings is 1. The van der Waals surface area contributed by atoms with Crippen molar-refractivity contribution in [3.8, 4) is 23.8 Å². The average Bonchev–Trinajstić information content (AvgIpc) is 2.36. The number of carbonyl (C=O) groups excluding carboxylic acids is 1. The fourth-order valence-electron chi connectivity index (χ4n) is 1.22. The van der Waals surface area contributed by atoms with Crippen molar-refractivity contribution in [2.75, 3.05) is 26.1 Å². The van der Waals surface area contributed by atoms with E-state index in [2.05, 4.69) is 16.6 Å². The van der Waals surface area contributed by atoms with Crippen LogP contribution in [-0.4, -0.2) is 26.8 Å². The quantitative estimate of drug-likeness (QED) is 0.775. The molecule has 0 aliphatic rings. The molecule has 0 radical (unpaired) electrons. The van der Waals surface area contributed by atoms with E-state index in [9.17, 15) is 4.79 Å². The van der Waals surface area contributed by atoms with Crippen LogP contribution >= 0.6 is 0 Å². The molecule has 5 heteroatoms. The number of ether oxygens (including phenoxy) is 2. The summed E-state index contributed by atoms with van der Waals surface area (Å²) < 4.78 is 10.2. The Balaban J connectivity index is 2.73. The predicted molar refractivity (Wildman–Crippen MR) is 65.4 cm³/mol. The van der Waals surface area contributed by atoms with Gasteiger partial charge in [-0.2, -0.15) is 0 Å². The number of nitrogens with one attached hydrogen (secondary N) is 2. The van der Waals surface area contributed by atoms with Crippen LogP contribution in [0.5, 0.6) is 11.5 Å². The second-order valence-corrected chi connectivity index (χ2v) is 3.08. The summed E-state index contributed by atoms with van der Waals surface area (Å²) in [6.07, 6.45) is 5.02. The molecule has 0 bridgehead atoms. The summed E-state index contributed by atoms with van der Waals surface area (Å²) in [5.41, 5.74) is 0.595. The van der Waals surface area contributed by atoms with Gasteiger partial charge in [0.2, 0.25) is 0 Å². The van der Waals surface area contributed by atoms with E-state index in [1.165, 1.54) is 7.11 Å². The molecule has 0 fully saturated rings. The number of methoxy groups -OCH3 is 2. The smallest absolute Gasteiger partial charge is 0.319 e. The van der Waals surface area contributed by atoms with E-state index >= 15 is 0 Å². The van der Waals surface area contributed by atoms with Gasteiger partial charge in [-0.25, -0.2) is 4.79 Å². The van der Waals surface area contributed by atoms with Gasteiger partial charge in [0, 0.05) is 11.8 Å². The second-order valence-electron chi connectivity index (χ2n) is 3.08. The molecule has 17 heavy (non-hydrogen) atoms. The van der Waals surface area contributed by atoms with Gasteiger partial charge in [-0.1, -0.05) is 5.92 Å². The van der Waals surface area contributed by atoms with Crippen molar-refractivity contribution in [2.45, 2.75) is 0 Å². The second kappa shape index (κ2) is 6.28. The van der Waals surface area contributed by atoms with Gasteiger partial charge in [0.1, 0.15) is 0 Å². The molecule has 1 aromatic rings. The summed E-state index contributed by atoms with van der Waals surface area (Å²) in [4.78, 5) is 11.3. The third kappa shape index (κ3) is 3.61. The molecule has 0 aliphatic heterocycles. The summed E-state index contributed by atoms with van der Waals surface area (Å²) in [5.74, 6) is 3.45. The Morgan fingerprint density at radius 2 is 2.06 bits per heavy atom. The minimum absolute atomic E-state index is 0.180. The Bertz CT molecular complexity index is 438. The zero-order valence-corrected chi connectivity index (χ0v) is 9.74. The molecule has 1 rings (SSSR count). The number of anilines is 1. The first kappa shape index (κ1) is 12.7. The van der Waals surface area contributed by atoms with Crippen molar-refractivity contribution in [2.24, 2.45) is 0 Å². The maximum atomic E-state index is 11.3. The van der Waals surface area contributed by atoms with Crippen molar-refractivity contribution in [3.05, 3.63) is 18.2 Å². The Morgan fingerprint density at radius 1 is 1.35 bits per heavy atom. The normalized spacial score (nSPS) is 9.00. The molecular weight excluding hydrogens is 220 g/mol. The zero-order valence-electron chi connectivity index (χ0n) is 9.74. The van der Waals surface area contributed by atoms with Crippen LogP contribution in [0, 0.1) is 12.3 Å². The number of amides is 2. The standard InChI is InChI=1S/C12H14N2O3/c1-4-7-13-12(15)14-9-5-6-10(16-2)11(8-9)17-3/h1,5-6,8H,7H2,2-3H3,(H2,13,14,15). The summed E-state index contributed by atoms with van der Waals surface area (Å²) in [6, 6.07) is 4.70. The van der Waals surface area contributed by atoms with Gasteiger partial charge in [-0.05, 0) is 12.1 Å². The van der Waals surface area contributed by atoms with Crippen molar-refractivity contribution in [3.63, 3.8) is 0 Å². The molecule has 0 unspecified atom stereocenters. The zero-order chi connectivity index (χ0) is 12.7. The fourth-order valence-corrected chi connectivity index (χ4v) is 1.22. The molecule has 2 N–H and O–H groups in total. The molecule has 0 heterocycles. The Morgan fingerprint density at radius 3 is 2.65 bits per heavy atom. The number of hydrogen-bond donors (Lipinski definition) is 2. The Hall–Kier alpha value is -2.35. The summed E-state index contributed by atoms with van der Waals surface area (Å²) >= 11 is 0. The number of urea groups is 1. The number of rotatable bonds is 4. The van der Waals surface area contributed by atoms with Crippen molar-refractivity contribution >= 4 is 11.7 Å². The lowest BCUT2D eigenvalue weighted by Crippen LogP contribution is -2.28. The van der Waals surface area contributed by atoms with E-state index in [-0.39, 0.29) is 12.6 Å².